The van der Waals surface area contributed by atoms with Crippen LogP contribution in [0.2, 0.25) is 0 Å². The highest BCUT2D eigenvalue weighted by Crippen LogP contribution is 2.34. The SMILES string of the molecule is CO[C@H](C)[C@@H](c1ncc(-c2ccc(I)cc2F)[nH]1)N1C(=O)NC(c2ccc(OCCO)cc2)C1=O. The highest BCUT2D eigenvalue weighted by Gasteiger charge is 2.46. The van der Waals surface area contributed by atoms with Crippen LogP contribution in [0.5, 0.6) is 5.75 Å². The number of aliphatic hydroxyl groups excluding tert-OH is 1. The van der Waals surface area contributed by atoms with Crippen LogP contribution >= 0.6 is 22.6 Å². The number of imidazole rings is 1. The van der Waals surface area contributed by atoms with Crippen molar-refractivity contribution in [3.05, 3.63) is 69.4 Å². The molecule has 0 bridgehead atoms. The van der Waals surface area contributed by atoms with Crippen LogP contribution in [0.25, 0.3) is 11.3 Å². The van der Waals surface area contributed by atoms with Crippen LogP contribution in [0.1, 0.15) is 30.4 Å². The van der Waals surface area contributed by atoms with E-state index < -0.39 is 35.9 Å². The van der Waals surface area contributed by atoms with Gasteiger partial charge in [-0.25, -0.2) is 19.1 Å². The van der Waals surface area contributed by atoms with Crippen LogP contribution in [-0.2, 0) is 9.53 Å². The van der Waals surface area contributed by atoms with E-state index in [4.69, 9.17) is 14.6 Å². The molecule has 1 aromatic heterocycles. The first-order chi connectivity index (χ1) is 16.8. The largest absolute Gasteiger partial charge is 0.491 e. The van der Waals surface area contributed by atoms with E-state index in [0.29, 0.717) is 28.4 Å². The van der Waals surface area contributed by atoms with Gasteiger partial charge in [-0.05, 0) is 65.4 Å². The number of nitrogens with one attached hydrogen (secondary N) is 2. The Morgan fingerprint density at radius 2 is 1.97 bits per heavy atom. The average molecular weight is 594 g/mol. The van der Waals surface area contributed by atoms with Gasteiger partial charge in [0.25, 0.3) is 5.91 Å². The number of methoxy groups -OCH3 is 1. The Balaban J connectivity index is 1.62. The number of H-pyrrole nitrogens is 1. The summed E-state index contributed by atoms with van der Waals surface area (Å²) in [6, 6.07) is 9.15. The van der Waals surface area contributed by atoms with Gasteiger partial charge >= 0.3 is 6.03 Å². The first kappa shape index (κ1) is 25.1. The van der Waals surface area contributed by atoms with Crippen LogP contribution in [0, 0.1) is 9.39 Å². The average Bonchev–Trinajstić information content (AvgIpc) is 3.43. The first-order valence-electron chi connectivity index (χ1n) is 10.8. The van der Waals surface area contributed by atoms with Gasteiger partial charge in [0.05, 0.1) is 24.6 Å². The molecule has 3 N–H and O–H groups in total. The van der Waals surface area contributed by atoms with E-state index in [1.54, 1.807) is 43.3 Å². The Hall–Kier alpha value is -3.03. The lowest BCUT2D eigenvalue weighted by Crippen LogP contribution is -2.41. The van der Waals surface area contributed by atoms with Crippen molar-refractivity contribution in [2.75, 3.05) is 20.3 Å². The maximum atomic E-state index is 14.5. The smallest absolute Gasteiger partial charge is 0.325 e. The summed E-state index contributed by atoms with van der Waals surface area (Å²) in [6.07, 6.45) is 0.870. The topological polar surface area (TPSA) is 117 Å². The number of aromatic amines is 1. The number of hydrogen-bond acceptors (Lipinski definition) is 6. The first-order valence-corrected chi connectivity index (χ1v) is 11.9. The maximum absolute atomic E-state index is 14.5. The lowest BCUT2D eigenvalue weighted by Gasteiger charge is -2.28. The summed E-state index contributed by atoms with van der Waals surface area (Å²) < 4.78 is 26.1. The molecule has 1 saturated heterocycles. The summed E-state index contributed by atoms with van der Waals surface area (Å²) in [5, 5.41) is 11.6. The quantitative estimate of drug-likeness (QED) is 0.258. The van der Waals surface area contributed by atoms with Crippen LogP contribution in [0.15, 0.2) is 48.7 Å². The second-order valence-corrected chi connectivity index (χ2v) is 9.17. The molecule has 1 fully saturated rings. The second-order valence-electron chi connectivity index (χ2n) is 7.92. The summed E-state index contributed by atoms with van der Waals surface area (Å²) in [5.74, 6) is -0.0475. The lowest BCUT2D eigenvalue weighted by molar-refractivity contribution is -0.131. The molecule has 0 spiro atoms. The number of imide groups is 1. The molecule has 184 valence electrons. The number of halogens is 2. The third-order valence-corrected chi connectivity index (χ3v) is 6.41. The fraction of sp³-hybridized carbons (Fsp3) is 0.292. The van der Waals surface area contributed by atoms with Crippen molar-refractivity contribution in [3.63, 3.8) is 0 Å². The van der Waals surface area contributed by atoms with Crippen LogP contribution in [0.4, 0.5) is 9.18 Å². The van der Waals surface area contributed by atoms with Crippen molar-refractivity contribution in [3.8, 4) is 17.0 Å². The minimum Gasteiger partial charge on any atom is -0.491 e. The van der Waals surface area contributed by atoms with E-state index in [9.17, 15) is 14.0 Å². The number of benzene rings is 2. The van der Waals surface area contributed by atoms with Gasteiger partial charge in [0.2, 0.25) is 0 Å². The molecule has 3 amide bonds. The van der Waals surface area contributed by atoms with Crippen molar-refractivity contribution in [1.29, 1.82) is 0 Å². The summed E-state index contributed by atoms with van der Waals surface area (Å²) in [4.78, 5) is 34.9. The molecule has 4 rings (SSSR count). The Kier molecular flexibility index (Phi) is 7.67. The number of urea groups is 1. The number of ether oxygens (including phenoxy) is 2. The third-order valence-electron chi connectivity index (χ3n) is 5.74. The molecule has 3 atom stereocenters. The summed E-state index contributed by atoms with van der Waals surface area (Å²) in [7, 11) is 1.47. The molecule has 1 aliphatic heterocycles. The van der Waals surface area contributed by atoms with Gasteiger partial charge in [0.1, 0.15) is 36.1 Å². The molecule has 2 aromatic carbocycles. The fourth-order valence-electron chi connectivity index (χ4n) is 3.92. The predicted octanol–water partition coefficient (Wildman–Crippen LogP) is 3.56. The molecule has 0 saturated carbocycles. The number of aliphatic hydroxyl groups is 1. The van der Waals surface area contributed by atoms with Gasteiger partial charge in [0.15, 0.2) is 0 Å². The third kappa shape index (κ3) is 5.16. The predicted molar refractivity (Wildman–Crippen MR) is 133 cm³/mol. The van der Waals surface area contributed by atoms with Crippen molar-refractivity contribution in [1.82, 2.24) is 20.2 Å². The van der Waals surface area contributed by atoms with Gasteiger partial charge in [-0.15, -0.1) is 0 Å². The zero-order valence-electron chi connectivity index (χ0n) is 19.0. The van der Waals surface area contributed by atoms with E-state index in [1.807, 2.05) is 22.6 Å². The monoisotopic (exact) mass is 594 g/mol. The van der Waals surface area contributed by atoms with Gasteiger partial charge < -0.3 is 24.9 Å². The molecule has 0 radical (unpaired) electrons. The van der Waals surface area contributed by atoms with Crippen LogP contribution in [0.3, 0.4) is 0 Å². The summed E-state index contributed by atoms with van der Waals surface area (Å²) in [6.45, 7) is 1.76. The van der Waals surface area contributed by atoms with E-state index in [-0.39, 0.29) is 13.2 Å². The Morgan fingerprint density at radius 1 is 1.23 bits per heavy atom. The fourth-order valence-corrected chi connectivity index (χ4v) is 4.37. The van der Waals surface area contributed by atoms with Gasteiger partial charge in [0, 0.05) is 16.2 Å². The number of hydrogen-bond donors (Lipinski definition) is 3. The number of carbonyl (C=O) groups excluding carboxylic acids is 2. The Bertz CT molecular complexity index is 1220. The number of amides is 3. The molecule has 1 aliphatic rings. The molecule has 9 nitrogen and oxygen atoms in total. The van der Waals surface area contributed by atoms with Crippen molar-refractivity contribution >= 4 is 34.5 Å². The lowest BCUT2D eigenvalue weighted by atomic mass is 10.1. The van der Waals surface area contributed by atoms with Crippen molar-refractivity contribution in [2.24, 2.45) is 0 Å². The zero-order valence-corrected chi connectivity index (χ0v) is 21.2. The van der Waals surface area contributed by atoms with Crippen LogP contribution < -0.4 is 10.1 Å². The van der Waals surface area contributed by atoms with Gasteiger partial charge in [-0.1, -0.05) is 12.1 Å². The molecule has 11 heteroatoms. The van der Waals surface area contributed by atoms with Gasteiger partial charge in [-0.3, -0.25) is 4.79 Å². The molecule has 3 aromatic rings. The van der Waals surface area contributed by atoms with Crippen molar-refractivity contribution < 1.29 is 28.6 Å². The number of nitrogens with zero attached hydrogens (tertiary/aromatic N) is 2. The molecule has 2 heterocycles. The highest BCUT2D eigenvalue weighted by atomic mass is 127. The van der Waals surface area contributed by atoms with Gasteiger partial charge in [-0.2, -0.15) is 0 Å². The highest BCUT2D eigenvalue weighted by molar-refractivity contribution is 14.1. The van der Waals surface area contributed by atoms with E-state index in [1.165, 1.54) is 19.4 Å². The molecule has 0 aliphatic carbocycles. The number of aromatic nitrogens is 2. The number of carbonyl (C=O) groups is 2. The minimum absolute atomic E-state index is 0.113. The maximum Gasteiger partial charge on any atom is 0.325 e. The Labute approximate surface area is 214 Å². The van der Waals surface area contributed by atoms with E-state index >= 15 is 0 Å². The molecule has 1 unspecified atom stereocenters. The summed E-state index contributed by atoms with van der Waals surface area (Å²) >= 11 is 2.03. The van der Waals surface area contributed by atoms with Crippen LogP contribution in [-0.4, -0.2) is 58.3 Å². The van der Waals surface area contributed by atoms with Crippen molar-refractivity contribution in [2.45, 2.75) is 25.1 Å². The minimum atomic E-state index is -0.899. The second kappa shape index (κ2) is 10.7. The molecular weight excluding hydrogens is 570 g/mol. The van der Waals surface area contributed by atoms with E-state index in [2.05, 4.69) is 15.3 Å². The molecule has 35 heavy (non-hydrogen) atoms. The Morgan fingerprint density at radius 3 is 2.63 bits per heavy atom. The normalized spacial score (nSPS) is 17.4. The number of rotatable bonds is 9. The molecular formula is C24H24FIN4O5. The van der Waals surface area contributed by atoms with E-state index in [0.717, 1.165) is 8.47 Å². The standard InChI is InChI=1S/C24H24FIN4O5/c1-13(34-2)21(22-27-12-19(28-22)17-8-5-15(26)11-18(17)25)30-23(32)20(29-24(30)33)14-3-6-16(7-4-14)35-10-9-31/h3-8,11-13,20-21,31H,9-10H2,1-2H3,(H,27,28)(H,29,33)/t13-,20?,21+/m1/s1. The zero-order chi connectivity index (χ0) is 25.1. The summed E-state index contributed by atoms with van der Waals surface area (Å²) in [5.41, 5.74) is 1.32.